The number of rotatable bonds is 2. The van der Waals surface area contributed by atoms with Gasteiger partial charge in [0.2, 0.25) is 5.95 Å². The summed E-state index contributed by atoms with van der Waals surface area (Å²) in [5.41, 5.74) is 9.84. The first-order valence-corrected chi connectivity index (χ1v) is 7.98. The fourth-order valence-corrected chi connectivity index (χ4v) is 3.12. The largest absolute Gasteiger partial charge is 0.369 e. The van der Waals surface area contributed by atoms with Gasteiger partial charge in [0.15, 0.2) is 0 Å². The Morgan fingerprint density at radius 3 is 2.62 bits per heavy atom. The van der Waals surface area contributed by atoms with Crippen LogP contribution >= 0.6 is 39.1 Å². The maximum Gasteiger partial charge on any atom is 0.205 e. The minimum Gasteiger partial charge on any atom is -0.369 e. The summed E-state index contributed by atoms with van der Waals surface area (Å²) in [4.78, 5) is 4.38. The van der Waals surface area contributed by atoms with Gasteiger partial charge in [0, 0.05) is 4.47 Å². The Morgan fingerprint density at radius 2 is 1.90 bits per heavy atom. The number of anilines is 1. The normalized spacial score (nSPS) is 11.2. The molecule has 0 atom stereocenters. The van der Waals surface area contributed by atoms with Crippen molar-refractivity contribution in [3.63, 3.8) is 0 Å². The van der Waals surface area contributed by atoms with Crippen molar-refractivity contribution in [2.24, 2.45) is 0 Å². The third-order valence-corrected chi connectivity index (χ3v) is 4.60. The Balaban J connectivity index is 2.35. The van der Waals surface area contributed by atoms with Crippen LogP contribution in [0.2, 0.25) is 10.0 Å². The van der Waals surface area contributed by atoms with Crippen molar-refractivity contribution in [3.8, 4) is 5.69 Å². The molecule has 108 valence electrons. The molecule has 0 aliphatic rings. The molecule has 0 unspecified atom stereocenters. The highest BCUT2D eigenvalue weighted by atomic mass is 79.9. The molecule has 0 aliphatic heterocycles. The zero-order valence-electron chi connectivity index (χ0n) is 11.2. The summed E-state index contributed by atoms with van der Waals surface area (Å²) in [6.07, 6.45) is 0.884. The number of hydrogen-bond acceptors (Lipinski definition) is 2. The molecule has 3 rings (SSSR count). The maximum atomic E-state index is 6.13. The van der Waals surface area contributed by atoms with Gasteiger partial charge in [0.1, 0.15) is 0 Å². The molecule has 21 heavy (non-hydrogen) atoms. The second-order valence-electron chi connectivity index (χ2n) is 4.69. The quantitative estimate of drug-likeness (QED) is 0.656. The van der Waals surface area contributed by atoms with E-state index >= 15 is 0 Å². The molecular weight excluding hydrogens is 373 g/mol. The van der Waals surface area contributed by atoms with Crippen LogP contribution in [0.15, 0.2) is 34.8 Å². The highest BCUT2D eigenvalue weighted by Crippen LogP contribution is 2.32. The van der Waals surface area contributed by atoms with Gasteiger partial charge in [0.05, 0.1) is 26.8 Å². The Kier molecular flexibility index (Phi) is 3.86. The van der Waals surface area contributed by atoms with Crippen LogP contribution in [0.1, 0.15) is 12.5 Å². The SMILES string of the molecule is CCc1cc(Br)ccc1-n1c(N)nc2cc(Cl)c(Cl)cc21. The fourth-order valence-electron chi connectivity index (χ4n) is 2.40. The first kappa shape index (κ1) is 14.7. The summed E-state index contributed by atoms with van der Waals surface area (Å²) >= 11 is 15.7. The second kappa shape index (κ2) is 5.52. The third kappa shape index (κ3) is 2.52. The summed E-state index contributed by atoms with van der Waals surface area (Å²) in [6, 6.07) is 9.61. The monoisotopic (exact) mass is 383 g/mol. The van der Waals surface area contributed by atoms with Gasteiger partial charge in [0.25, 0.3) is 0 Å². The van der Waals surface area contributed by atoms with E-state index in [0.29, 0.717) is 16.0 Å². The summed E-state index contributed by atoms with van der Waals surface area (Å²) < 4.78 is 2.94. The molecule has 0 aliphatic carbocycles. The van der Waals surface area contributed by atoms with Crippen LogP contribution in [0.25, 0.3) is 16.7 Å². The lowest BCUT2D eigenvalue weighted by atomic mass is 10.1. The van der Waals surface area contributed by atoms with Crippen molar-refractivity contribution < 1.29 is 0 Å². The van der Waals surface area contributed by atoms with Crippen LogP contribution in [-0.4, -0.2) is 9.55 Å². The van der Waals surface area contributed by atoms with Crippen LogP contribution in [0.4, 0.5) is 5.95 Å². The van der Waals surface area contributed by atoms with Crippen molar-refractivity contribution >= 4 is 56.1 Å². The van der Waals surface area contributed by atoms with Crippen molar-refractivity contribution in [1.29, 1.82) is 0 Å². The second-order valence-corrected chi connectivity index (χ2v) is 6.42. The zero-order chi connectivity index (χ0) is 15.1. The molecule has 6 heteroatoms. The van der Waals surface area contributed by atoms with Crippen LogP contribution in [-0.2, 0) is 6.42 Å². The number of halogens is 3. The van der Waals surface area contributed by atoms with Gasteiger partial charge in [-0.3, -0.25) is 4.57 Å². The first-order valence-electron chi connectivity index (χ1n) is 6.43. The maximum absolute atomic E-state index is 6.13. The van der Waals surface area contributed by atoms with E-state index in [1.165, 1.54) is 5.56 Å². The van der Waals surface area contributed by atoms with E-state index in [1.54, 1.807) is 12.1 Å². The summed E-state index contributed by atoms with van der Waals surface area (Å²) in [5, 5.41) is 0.959. The Labute approximate surface area is 140 Å². The molecule has 0 saturated heterocycles. The molecule has 0 amide bonds. The standard InChI is InChI=1S/C15H12BrCl2N3/c1-2-8-5-9(16)3-4-13(8)21-14-7-11(18)10(17)6-12(14)20-15(21)19/h3-7H,2H2,1H3,(H2,19,20). The number of fused-ring (bicyclic) bond motifs is 1. The summed E-state index contributed by atoms with van der Waals surface area (Å²) in [6.45, 7) is 2.10. The lowest BCUT2D eigenvalue weighted by Gasteiger charge is -2.12. The molecule has 0 fully saturated rings. The predicted molar refractivity (Wildman–Crippen MR) is 92.6 cm³/mol. The Hall–Kier alpha value is -1.23. The van der Waals surface area contributed by atoms with Gasteiger partial charge in [-0.15, -0.1) is 0 Å². The number of nitrogens with zero attached hydrogens (tertiary/aromatic N) is 2. The van der Waals surface area contributed by atoms with Crippen molar-refractivity contribution in [1.82, 2.24) is 9.55 Å². The van der Waals surface area contributed by atoms with E-state index in [0.717, 1.165) is 27.6 Å². The predicted octanol–water partition coefficient (Wildman–Crippen LogP) is 5.24. The van der Waals surface area contributed by atoms with Crippen LogP contribution in [0.5, 0.6) is 0 Å². The van der Waals surface area contributed by atoms with Crippen molar-refractivity contribution in [2.75, 3.05) is 5.73 Å². The van der Waals surface area contributed by atoms with Gasteiger partial charge >= 0.3 is 0 Å². The highest BCUT2D eigenvalue weighted by Gasteiger charge is 2.14. The number of nitrogen functional groups attached to an aromatic ring is 1. The molecule has 3 nitrogen and oxygen atoms in total. The molecule has 0 spiro atoms. The average Bonchev–Trinajstić information content (AvgIpc) is 2.75. The molecular formula is C15H12BrCl2N3. The van der Waals surface area contributed by atoms with E-state index in [-0.39, 0.29) is 0 Å². The number of aromatic nitrogens is 2. The lowest BCUT2D eigenvalue weighted by molar-refractivity contribution is 1.04. The summed E-state index contributed by atoms with van der Waals surface area (Å²) in [5.74, 6) is 0.417. The van der Waals surface area contributed by atoms with E-state index < -0.39 is 0 Å². The Bertz CT molecular complexity index is 843. The van der Waals surface area contributed by atoms with Gasteiger partial charge in [-0.1, -0.05) is 46.1 Å². The topological polar surface area (TPSA) is 43.8 Å². The summed E-state index contributed by atoms with van der Waals surface area (Å²) in [7, 11) is 0. The number of imidazole rings is 1. The molecule has 3 aromatic rings. The first-order chi connectivity index (χ1) is 10.0. The fraction of sp³-hybridized carbons (Fsp3) is 0.133. The van der Waals surface area contributed by atoms with Crippen LogP contribution in [0.3, 0.4) is 0 Å². The van der Waals surface area contributed by atoms with E-state index in [4.69, 9.17) is 28.9 Å². The van der Waals surface area contributed by atoms with Gasteiger partial charge < -0.3 is 5.73 Å². The van der Waals surface area contributed by atoms with Crippen LogP contribution < -0.4 is 5.73 Å². The minimum atomic E-state index is 0.417. The van der Waals surface area contributed by atoms with E-state index in [9.17, 15) is 0 Å². The number of benzene rings is 2. The minimum absolute atomic E-state index is 0.417. The van der Waals surface area contributed by atoms with Gasteiger partial charge in [-0.05, 0) is 42.3 Å². The highest BCUT2D eigenvalue weighted by molar-refractivity contribution is 9.10. The molecule has 2 aromatic carbocycles. The molecule has 0 bridgehead atoms. The van der Waals surface area contributed by atoms with E-state index in [1.807, 2.05) is 16.7 Å². The molecule has 2 N–H and O–H groups in total. The average molecular weight is 385 g/mol. The third-order valence-electron chi connectivity index (χ3n) is 3.39. The Morgan fingerprint density at radius 1 is 1.19 bits per heavy atom. The van der Waals surface area contributed by atoms with Crippen molar-refractivity contribution in [3.05, 3.63) is 50.4 Å². The van der Waals surface area contributed by atoms with Gasteiger partial charge in [-0.2, -0.15) is 0 Å². The number of hydrogen-bond donors (Lipinski definition) is 1. The van der Waals surface area contributed by atoms with Crippen LogP contribution in [0, 0.1) is 0 Å². The lowest BCUT2D eigenvalue weighted by Crippen LogP contribution is -2.03. The number of nitrogens with two attached hydrogens (primary N) is 1. The smallest absolute Gasteiger partial charge is 0.205 e. The molecule has 0 radical (unpaired) electrons. The van der Waals surface area contributed by atoms with Gasteiger partial charge in [-0.25, -0.2) is 4.98 Å². The molecule has 0 saturated carbocycles. The van der Waals surface area contributed by atoms with E-state index in [2.05, 4.69) is 33.9 Å². The molecule has 1 heterocycles. The number of aryl methyl sites for hydroxylation is 1. The zero-order valence-corrected chi connectivity index (χ0v) is 14.3. The molecule has 1 aromatic heterocycles. The van der Waals surface area contributed by atoms with Crippen molar-refractivity contribution in [2.45, 2.75) is 13.3 Å².